The number of piperazine rings is 1. The second kappa shape index (κ2) is 6.30. The summed E-state index contributed by atoms with van der Waals surface area (Å²) < 4.78 is 26.6. The van der Waals surface area contributed by atoms with Crippen LogP contribution in [0.3, 0.4) is 0 Å². The van der Waals surface area contributed by atoms with Crippen molar-refractivity contribution in [3.63, 3.8) is 0 Å². The topological polar surface area (TPSA) is 43.8 Å². The maximum Gasteiger partial charge on any atom is 0.256 e. The largest absolute Gasteiger partial charge is 0.391 e. The molecule has 4 nitrogen and oxygen atoms in total. The summed E-state index contributed by atoms with van der Waals surface area (Å²) in [5.74, 6) is -1.91. The Morgan fingerprint density at radius 1 is 1.14 bits per heavy atom. The summed E-state index contributed by atoms with van der Waals surface area (Å²) in [6, 6.07) is 3.21. The maximum absolute atomic E-state index is 13.7. The maximum atomic E-state index is 13.7. The minimum absolute atomic E-state index is 0.0873. The van der Waals surface area contributed by atoms with Gasteiger partial charge in [-0.2, -0.15) is 0 Å². The number of halogens is 2. The van der Waals surface area contributed by atoms with E-state index in [1.807, 2.05) is 0 Å². The van der Waals surface area contributed by atoms with E-state index in [1.54, 1.807) is 4.90 Å². The van der Waals surface area contributed by atoms with Gasteiger partial charge in [0, 0.05) is 38.3 Å². The Balaban J connectivity index is 1.62. The summed E-state index contributed by atoms with van der Waals surface area (Å²) in [6.07, 6.45) is 2.58. The van der Waals surface area contributed by atoms with E-state index in [-0.39, 0.29) is 17.7 Å². The Morgan fingerprint density at radius 2 is 1.86 bits per heavy atom. The zero-order chi connectivity index (χ0) is 15.7. The van der Waals surface area contributed by atoms with Gasteiger partial charge in [0.25, 0.3) is 5.91 Å². The van der Waals surface area contributed by atoms with Crippen molar-refractivity contribution in [3.8, 4) is 0 Å². The molecule has 2 atom stereocenters. The van der Waals surface area contributed by atoms with Gasteiger partial charge in [-0.3, -0.25) is 9.69 Å². The molecule has 1 saturated heterocycles. The molecule has 2 aliphatic rings. The number of nitrogens with zero attached hydrogens (tertiary/aromatic N) is 2. The first-order valence-electron chi connectivity index (χ1n) is 7.72. The molecular weight excluding hydrogens is 290 g/mol. The van der Waals surface area contributed by atoms with Crippen LogP contribution in [0.2, 0.25) is 0 Å². The van der Waals surface area contributed by atoms with Crippen molar-refractivity contribution in [3.05, 3.63) is 35.4 Å². The average molecular weight is 310 g/mol. The van der Waals surface area contributed by atoms with Gasteiger partial charge in [0.05, 0.1) is 11.7 Å². The predicted octanol–water partition coefficient (Wildman–Crippen LogP) is 1.64. The van der Waals surface area contributed by atoms with Gasteiger partial charge in [-0.05, 0) is 31.4 Å². The van der Waals surface area contributed by atoms with Crippen LogP contribution in [0.5, 0.6) is 0 Å². The molecule has 0 radical (unpaired) electrons. The van der Waals surface area contributed by atoms with Crippen molar-refractivity contribution in [2.45, 2.75) is 31.4 Å². The molecule has 0 unspecified atom stereocenters. The van der Waals surface area contributed by atoms with Gasteiger partial charge in [-0.1, -0.05) is 0 Å². The van der Waals surface area contributed by atoms with E-state index < -0.39 is 17.5 Å². The van der Waals surface area contributed by atoms with E-state index in [0.29, 0.717) is 26.2 Å². The summed E-state index contributed by atoms with van der Waals surface area (Å²) >= 11 is 0. The molecule has 1 aromatic rings. The van der Waals surface area contributed by atoms with E-state index >= 15 is 0 Å². The number of aliphatic hydroxyl groups excluding tert-OH is 1. The van der Waals surface area contributed by atoms with E-state index in [0.717, 1.165) is 31.4 Å². The van der Waals surface area contributed by atoms with Gasteiger partial charge in [0.15, 0.2) is 0 Å². The van der Waals surface area contributed by atoms with Crippen molar-refractivity contribution < 1.29 is 18.7 Å². The Labute approximate surface area is 128 Å². The molecule has 1 N–H and O–H groups in total. The first kappa shape index (κ1) is 15.4. The average Bonchev–Trinajstić information content (AvgIpc) is 2.93. The number of aliphatic hydroxyl groups is 1. The minimum atomic E-state index is -0.821. The number of carbonyl (C=O) groups is 1. The van der Waals surface area contributed by atoms with E-state index in [4.69, 9.17) is 0 Å². The first-order chi connectivity index (χ1) is 10.6. The Kier molecular flexibility index (Phi) is 4.40. The first-order valence-corrected chi connectivity index (χ1v) is 7.72. The second-order valence-corrected chi connectivity index (χ2v) is 6.02. The van der Waals surface area contributed by atoms with Crippen LogP contribution >= 0.6 is 0 Å². The molecule has 1 amide bonds. The lowest BCUT2D eigenvalue weighted by molar-refractivity contribution is 0.0313. The molecule has 6 heteroatoms. The molecule has 0 aromatic heterocycles. The van der Waals surface area contributed by atoms with E-state index in [9.17, 15) is 18.7 Å². The van der Waals surface area contributed by atoms with E-state index in [2.05, 4.69) is 4.90 Å². The Bertz CT molecular complexity index is 559. The lowest BCUT2D eigenvalue weighted by Gasteiger charge is -2.39. The summed E-state index contributed by atoms with van der Waals surface area (Å²) in [7, 11) is 0. The number of carbonyl (C=O) groups excluding carboxylic acids is 1. The fraction of sp³-hybridized carbons (Fsp3) is 0.562. The third-order valence-electron chi connectivity index (χ3n) is 4.68. The molecule has 1 aromatic carbocycles. The van der Waals surface area contributed by atoms with Crippen molar-refractivity contribution >= 4 is 5.91 Å². The van der Waals surface area contributed by atoms with Gasteiger partial charge in [0.1, 0.15) is 11.6 Å². The van der Waals surface area contributed by atoms with Crippen LogP contribution in [0.4, 0.5) is 8.78 Å². The second-order valence-electron chi connectivity index (χ2n) is 6.02. The monoisotopic (exact) mass is 310 g/mol. The molecule has 22 heavy (non-hydrogen) atoms. The molecule has 120 valence electrons. The van der Waals surface area contributed by atoms with Gasteiger partial charge in [0.2, 0.25) is 0 Å². The van der Waals surface area contributed by atoms with Crippen molar-refractivity contribution in [2.75, 3.05) is 26.2 Å². The standard InChI is InChI=1S/C16H20F2N2O2/c17-11-4-5-12(13(18)10-11)16(22)20-8-6-19(7-9-20)14-2-1-3-15(14)21/h4-5,10,14-15,21H,1-3,6-9H2/t14-,15-/m0/s1. The quantitative estimate of drug-likeness (QED) is 0.903. The Hall–Kier alpha value is -1.53. The number of benzene rings is 1. The summed E-state index contributed by atoms with van der Waals surface area (Å²) in [5, 5.41) is 9.95. The highest BCUT2D eigenvalue weighted by molar-refractivity contribution is 5.94. The highest BCUT2D eigenvalue weighted by Gasteiger charge is 2.33. The van der Waals surface area contributed by atoms with Crippen LogP contribution in [0.1, 0.15) is 29.6 Å². The Morgan fingerprint density at radius 3 is 2.45 bits per heavy atom. The molecule has 1 heterocycles. The highest BCUT2D eigenvalue weighted by atomic mass is 19.1. The molecule has 0 spiro atoms. The lowest BCUT2D eigenvalue weighted by atomic mass is 10.1. The summed E-state index contributed by atoms with van der Waals surface area (Å²) in [5.41, 5.74) is -0.0873. The van der Waals surface area contributed by atoms with E-state index in [1.165, 1.54) is 6.07 Å². The molecule has 1 aliphatic heterocycles. The van der Waals surface area contributed by atoms with Gasteiger partial charge >= 0.3 is 0 Å². The number of rotatable bonds is 2. The zero-order valence-corrected chi connectivity index (χ0v) is 12.3. The molecule has 1 aliphatic carbocycles. The van der Waals surface area contributed by atoms with Crippen LogP contribution in [0, 0.1) is 11.6 Å². The van der Waals surface area contributed by atoms with Crippen LogP contribution in [0.15, 0.2) is 18.2 Å². The fourth-order valence-electron chi connectivity index (χ4n) is 3.44. The molecule has 2 fully saturated rings. The lowest BCUT2D eigenvalue weighted by Crippen LogP contribution is -2.53. The predicted molar refractivity (Wildman–Crippen MR) is 77.5 cm³/mol. The summed E-state index contributed by atoms with van der Waals surface area (Å²) in [6.45, 7) is 2.35. The van der Waals surface area contributed by atoms with Crippen LogP contribution in [0.25, 0.3) is 0 Å². The normalized spacial score (nSPS) is 26.4. The van der Waals surface area contributed by atoms with Crippen LogP contribution in [-0.4, -0.2) is 59.1 Å². The van der Waals surface area contributed by atoms with Crippen LogP contribution < -0.4 is 0 Å². The van der Waals surface area contributed by atoms with Gasteiger partial charge in [-0.15, -0.1) is 0 Å². The number of hydrogen-bond donors (Lipinski definition) is 1. The smallest absolute Gasteiger partial charge is 0.256 e. The van der Waals surface area contributed by atoms with Gasteiger partial charge < -0.3 is 10.0 Å². The zero-order valence-electron chi connectivity index (χ0n) is 12.3. The third kappa shape index (κ3) is 2.98. The SMILES string of the molecule is O=C(c1ccc(F)cc1F)N1CCN([C@H]2CCC[C@@H]2O)CC1. The molecule has 3 rings (SSSR count). The van der Waals surface area contributed by atoms with Crippen molar-refractivity contribution in [1.82, 2.24) is 9.80 Å². The molecule has 1 saturated carbocycles. The molecule has 0 bridgehead atoms. The molecular formula is C16H20F2N2O2. The van der Waals surface area contributed by atoms with Crippen molar-refractivity contribution in [2.24, 2.45) is 0 Å². The number of amides is 1. The van der Waals surface area contributed by atoms with Crippen LogP contribution in [-0.2, 0) is 0 Å². The van der Waals surface area contributed by atoms with Crippen molar-refractivity contribution in [1.29, 1.82) is 0 Å². The summed E-state index contributed by atoms with van der Waals surface area (Å²) in [4.78, 5) is 16.1. The fourth-order valence-corrected chi connectivity index (χ4v) is 3.44. The minimum Gasteiger partial charge on any atom is -0.391 e. The highest BCUT2D eigenvalue weighted by Crippen LogP contribution is 2.25. The third-order valence-corrected chi connectivity index (χ3v) is 4.68. The number of hydrogen-bond acceptors (Lipinski definition) is 3. The van der Waals surface area contributed by atoms with Gasteiger partial charge in [-0.25, -0.2) is 8.78 Å².